The first kappa shape index (κ1) is 25.9. The third-order valence-corrected chi connectivity index (χ3v) is 8.13. The molecule has 196 valence electrons. The molecule has 1 saturated carbocycles. The van der Waals surface area contributed by atoms with Crippen molar-refractivity contribution in [2.45, 2.75) is 64.7 Å². The van der Waals surface area contributed by atoms with Crippen molar-refractivity contribution in [1.29, 1.82) is 5.26 Å². The fourth-order valence-electron chi connectivity index (χ4n) is 5.27. The second-order valence-corrected chi connectivity index (χ2v) is 11.5. The van der Waals surface area contributed by atoms with Crippen molar-refractivity contribution in [2.24, 2.45) is 5.92 Å². The second-order valence-electron chi connectivity index (χ2n) is 11.5. The fraction of sp³-hybridized carbons (Fsp3) is 0.419. The van der Waals surface area contributed by atoms with Gasteiger partial charge in [0.15, 0.2) is 0 Å². The lowest BCUT2D eigenvalue weighted by Crippen LogP contribution is -2.51. The van der Waals surface area contributed by atoms with Gasteiger partial charge < -0.3 is 4.90 Å². The molecule has 1 aliphatic carbocycles. The number of hydrogen-bond acceptors (Lipinski definition) is 5. The van der Waals surface area contributed by atoms with Crippen molar-refractivity contribution >= 4 is 5.91 Å². The SMILES string of the molecule is CN(C/C=C/C(=O)N1Cc2c(-c3ccncc3)c(-c3cccc(C#N)c3)nn2C[C@@H]1C1CCC1)C(C)(C)C. The molecule has 7 nitrogen and oxygen atoms in total. The monoisotopic (exact) mass is 508 g/mol. The molecular weight excluding hydrogens is 472 g/mol. The summed E-state index contributed by atoms with van der Waals surface area (Å²) in [5.41, 5.74) is 5.42. The Bertz CT molecular complexity index is 1370. The molecule has 1 aliphatic heterocycles. The second kappa shape index (κ2) is 10.5. The summed E-state index contributed by atoms with van der Waals surface area (Å²) in [6.07, 6.45) is 10.8. The molecule has 3 aromatic rings. The largest absolute Gasteiger partial charge is 0.328 e. The number of nitrogens with zero attached hydrogens (tertiary/aromatic N) is 6. The molecule has 7 heteroatoms. The topological polar surface area (TPSA) is 78.1 Å². The molecule has 2 aliphatic rings. The standard InChI is InChI=1S/C31H36N6O/c1-31(2,3)35(4)17-7-12-28(38)36-20-27-29(24-13-15-33-16-14-24)30(25-11-5-8-22(18-25)19-32)34-37(27)21-26(36)23-9-6-10-23/h5,7-8,11-16,18,23,26H,6,9-10,17,20-21H2,1-4H3/b12-7+/t26-/m1/s1. The third-order valence-electron chi connectivity index (χ3n) is 8.13. The van der Waals surface area contributed by atoms with Gasteiger partial charge in [-0.05, 0) is 76.4 Å². The quantitative estimate of drug-likeness (QED) is 0.423. The highest BCUT2D eigenvalue weighted by molar-refractivity contribution is 5.89. The van der Waals surface area contributed by atoms with Crippen LogP contribution in [0.4, 0.5) is 0 Å². The minimum absolute atomic E-state index is 0.0399. The Morgan fingerprint density at radius 3 is 2.61 bits per heavy atom. The number of carbonyl (C=O) groups excluding carboxylic acids is 1. The first-order valence-corrected chi connectivity index (χ1v) is 13.4. The van der Waals surface area contributed by atoms with Crippen LogP contribution in [-0.4, -0.2) is 55.6 Å². The smallest absolute Gasteiger partial charge is 0.246 e. The lowest BCUT2D eigenvalue weighted by Gasteiger charge is -2.43. The van der Waals surface area contributed by atoms with E-state index in [9.17, 15) is 10.1 Å². The van der Waals surface area contributed by atoms with Crippen LogP contribution in [-0.2, 0) is 17.9 Å². The average Bonchev–Trinajstić information content (AvgIpc) is 3.25. The van der Waals surface area contributed by atoms with Crippen LogP contribution in [0.5, 0.6) is 0 Å². The van der Waals surface area contributed by atoms with E-state index in [1.54, 1.807) is 18.5 Å². The van der Waals surface area contributed by atoms with Gasteiger partial charge in [0.25, 0.3) is 0 Å². The number of carbonyl (C=O) groups is 1. The normalized spacial score (nSPS) is 17.9. The van der Waals surface area contributed by atoms with Gasteiger partial charge in [0.05, 0.1) is 36.5 Å². The molecule has 0 radical (unpaired) electrons. The maximum absolute atomic E-state index is 13.6. The number of pyridine rings is 1. The van der Waals surface area contributed by atoms with Gasteiger partial charge in [-0.15, -0.1) is 0 Å². The first-order chi connectivity index (χ1) is 18.3. The maximum atomic E-state index is 13.6. The molecule has 0 bridgehead atoms. The number of rotatable bonds is 6. The van der Waals surface area contributed by atoms with Crippen LogP contribution in [0.1, 0.15) is 51.3 Å². The van der Waals surface area contributed by atoms with Gasteiger partial charge >= 0.3 is 0 Å². The molecule has 2 aromatic heterocycles. The first-order valence-electron chi connectivity index (χ1n) is 13.4. The number of hydrogen-bond donors (Lipinski definition) is 0. The van der Waals surface area contributed by atoms with Crippen molar-refractivity contribution < 1.29 is 4.79 Å². The Labute approximate surface area is 225 Å². The van der Waals surface area contributed by atoms with Gasteiger partial charge in [0.1, 0.15) is 5.69 Å². The van der Waals surface area contributed by atoms with Crippen LogP contribution in [0.15, 0.2) is 60.9 Å². The molecule has 38 heavy (non-hydrogen) atoms. The number of likely N-dealkylation sites (N-methyl/N-ethyl adjacent to an activating group) is 1. The van der Waals surface area contributed by atoms with Crippen LogP contribution >= 0.6 is 0 Å². The number of aromatic nitrogens is 3. The molecule has 1 fully saturated rings. The van der Waals surface area contributed by atoms with E-state index in [1.807, 2.05) is 42.5 Å². The Kier molecular flexibility index (Phi) is 7.18. The van der Waals surface area contributed by atoms with E-state index >= 15 is 0 Å². The zero-order valence-electron chi connectivity index (χ0n) is 22.8. The summed E-state index contributed by atoms with van der Waals surface area (Å²) in [5, 5.41) is 14.6. The van der Waals surface area contributed by atoms with Gasteiger partial charge in [-0.25, -0.2) is 0 Å². The van der Waals surface area contributed by atoms with Gasteiger partial charge in [-0.1, -0.05) is 24.6 Å². The number of nitriles is 1. The molecule has 1 aromatic carbocycles. The van der Waals surface area contributed by atoms with Crippen LogP contribution in [0, 0.1) is 17.2 Å². The molecule has 0 saturated heterocycles. The molecular formula is C31H36N6O. The van der Waals surface area contributed by atoms with Gasteiger partial charge in [-0.2, -0.15) is 10.4 Å². The lowest BCUT2D eigenvalue weighted by molar-refractivity contribution is -0.132. The van der Waals surface area contributed by atoms with Crippen LogP contribution < -0.4 is 0 Å². The van der Waals surface area contributed by atoms with Crippen molar-refractivity contribution in [3.63, 3.8) is 0 Å². The van der Waals surface area contributed by atoms with E-state index < -0.39 is 0 Å². The van der Waals surface area contributed by atoms with Crippen molar-refractivity contribution in [3.05, 3.63) is 72.2 Å². The summed E-state index contributed by atoms with van der Waals surface area (Å²) in [5.74, 6) is 0.557. The molecule has 0 spiro atoms. The predicted octanol–water partition coefficient (Wildman–Crippen LogP) is 5.28. The summed E-state index contributed by atoms with van der Waals surface area (Å²) in [6, 6.07) is 13.9. The molecule has 0 unspecified atom stereocenters. The average molecular weight is 509 g/mol. The van der Waals surface area contributed by atoms with E-state index in [0.717, 1.165) is 47.5 Å². The van der Waals surface area contributed by atoms with Crippen molar-refractivity contribution in [2.75, 3.05) is 13.6 Å². The molecule has 0 N–H and O–H groups in total. The molecule has 5 rings (SSSR count). The number of benzene rings is 1. The zero-order chi connectivity index (χ0) is 26.9. The minimum Gasteiger partial charge on any atom is -0.328 e. The predicted molar refractivity (Wildman–Crippen MR) is 149 cm³/mol. The highest BCUT2D eigenvalue weighted by atomic mass is 16.2. The Morgan fingerprint density at radius 1 is 1.18 bits per heavy atom. The van der Waals surface area contributed by atoms with Gasteiger partial charge in [-0.3, -0.25) is 19.4 Å². The summed E-state index contributed by atoms with van der Waals surface area (Å²) in [6.45, 7) is 8.42. The van der Waals surface area contributed by atoms with E-state index in [-0.39, 0.29) is 17.5 Å². The Balaban J connectivity index is 1.54. The fourth-order valence-corrected chi connectivity index (χ4v) is 5.27. The summed E-state index contributed by atoms with van der Waals surface area (Å²) in [7, 11) is 2.08. The highest BCUT2D eigenvalue weighted by Gasteiger charge is 2.39. The Morgan fingerprint density at radius 2 is 1.95 bits per heavy atom. The van der Waals surface area contributed by atoms with E-state index in [4.69, 9.17) is 5.10 Å². The third kappa shape index (κ3) is 5.14. The van der Waals surface area contributed by atoms with Gasteiger partial charge in [0.2, 0.25) is 5.91 Å². The van der Waals surface area contributed by atoms with Crippen molar-refractivity contribution in [1.82, 2.24) is 24.6 Å². The minimum atomic E-state index is 0.0399. The lowest BCUT2D eigenvalue weighted by atomic mass is 9.78. The maximum Gasteiger partial charge on any atom is 0.246 e. The van der Waals surface area contributed by atoms with E-state index in [2.05, 4.69) is 53.4 Å². The summed E-state index contributed by atoms with van der Waals surface area (Å²) >= 11 is 0. The van der Waals surface area contributed by atoms with Crippen LogP contribution in [0.2, 0.25) is 0 Å². The molecule has 3 heterocycles. The summed E-state index contributed by atoms with van der Waals surface area (Å²) in [4.78, 5) is 22.2. The highest BCUT2D eigenvalue weighted by Crippen LogP contribution is 2.41. The number of amides is 1. The Hall–Kier alpha value is -3.76. The van der Waals surface area contributed by atoms with Crippen LogP contribution in [0.3, 0.4) is 0 Å². The summed E-state index contributed by atoms with van der Waals surface area (Å²) < 4.78 is 2.11. The van der Waals surface area contributed by atoms with Crippen LogP contribution in [0.25, 0.3) is 22.4 Å². The molecule has 1 amide bonds. The molecule has 1 atom stereocenters. The van der Waals surface area contributed by atoms with E-state index in [1.165, 1.54) is 6.42 Å². The number of fused-ring (bicyclic) bond motifs is 1. The zero-order valence-corrected chi connectivity index (χ0v) is 22.8. The van der Waals surface area contributed by atoms with Gasteiger partial charge in [0, 0.05) is 41.7 Å². The van der Waals surface area contributed by atoms with E-state index in [0.29, 0.717) is 24.6 Å². The van der Waals surface area contributed by atoms with Crippen molar-refractivity contribution in [3.8, 4) is 28.5 Å².